The lowest BCUT2D eigenvalue weighted by atomic mass is 9.97. The van der Waals surface area contributed by atoms with Gasteiger partial charge in [-0.2, -0.15) is 10.1 Å². The van der Waals surface area contributed by atoms with Gasteiger partial charge in [0.1, 0.15) is 24.7 Å². The Balaban J connectivity index is 1.53. The second-order valence-electron chi connectivity index (χ2n) is 7.06. The number of anilines is 1. The highest BCUT2D eigenvalue weighted by Crippen LogP contribution is 2.37. The van der Waals surface area contributed by atoms with Crippen molar-refractivity contribution in [3.63, 3.8) is 0 Å². The Morgan fingerprint density at radius 2 is 1.94 bits per heavy atom. The van der Waals surface area contributed by atoms with Gasteiger partial charge in [-0.25, -0.2) is 14.6 Å². The van der Waals surface area contributed by atoms with Gasteiger partial charge in [0.2, 0.25) is 5.82 Å². The van der Waals surface area contributed by atoms with Crippen LogP contribution in [0.25, 0.3) is 5.69 Å². The van der Waals surface area contributed by atoms with Crippen molar-refractivity contribution in [3.05, 3.63) is 53.4 Å². The fourth-order valence-corrected chi connectivity index (χ4v) is 3.53. The lowest BCUT2D eigenvalue weighted by Gasteiger charge is -2.31. The smallest absolute Gasteiger partial charge is 0.373 e. The maximum absolute atomic E-state index is 12.0. The summed E-state index contributed by atoms with van der Waals surface area (Å²) in [5.74, 6) is -0.0563. The summed E-state index contributed by atoms with van der Waals surface area (Å²) in [5, 5.41) is 15.9. The molecule has 12 nitrogen and oxygen atoms in total. The number of carbonyl (C=O) groups is 1. The molecule has 166 valence electrons. The van der Waals surface area contributed by atoms with E-state index in [9.17, 15) is 14.9 Å². The first kappa shape index (κ1) is 21.2. The molecule has 12 heteroatoms. The lowest BCUT2D eigenvalue weighted by Crippen LogP contribution is -2.37. The van der Waals surface area contributed by atoms with Crippen molar-refractivity contribution in [2.75, 3.05) is 24.6 Å². The molecule has 0 aliphatic carbocycles. The molecule has 1 aromatic carbocycles. The van der Waals surface area contributed by atoms with E-state index in [-0.39, 0.29) is 29.3 Å². The average molecular weight is 439 g/mol. The zero-order valence-electron chi connectivity index (χ0n) is 17.3. The van der Waals surface area contributed by atoms with Gasteiger partial charge in [-0.3, -0.25) is 14.9 Å². The summed E-state index contributed by atoms with van der Waals surface area (Å²) in [5.41, 5.74) is 0.444. The molecule has 0 unspecified atom stereocenters. The van der Waals surface area contributed by atoms with Crippen molar-refractivity contribution in [2.45, 2.75) is 19.8 Å². The number of rotatable bonds is 7. The zero-order valence-corrected chi connectivity index (χ0v) is 17.3. The summed E-state index contributed by atoms with van der Waals surface area (Å²) in [6, 6.07) is 6.82. The van der Waals surface area contributed by atoms with Crippen molar-refractivity contribution in [1.82, 2.24) is 24.7 Å². The average Bonchev–Trinajstić information content (AvgIpc) is 3.34. The molecule has 3 heterocycles. The largest absolute Gasteiger partial charge is 0.466 e. The molecule has 1 fully saturated rings. The van der Waals surface area contributed by atoms with Gasteiger partial charge < -0.3 is 14.4 Å². The van der Waals surface area contributed by atoms with Crippen LogP contribution in [0.4, 0.5) is 11.5 Å². The molecule has 1 aliphatic rings. The monoisotopic (exact) mass is 439 g/mol. The predicted octanol–water partition coefficient (Wildman–Crippen LogP) is 2.54. The van der Waals surface area contributed by atoms with E-state index >= 15 is 0 Å². The van der Waals surface area contributed by atoms with Crippen LogP contribution in [0.15, 0.2) is 43.2 Å². The molecule has 0 N–H and O–H groups in total. The third-order valence-corrected chi connectivity index (χ3v) is 5.10. The lowest BCUT2D eigenvalue weighted by molar-refractivity contribution is -0.385. The van der Waals surface area contributed by atoms with Crippen LogP contribution in [0.5, 0.6) is 11.6 Å². The van der Waals surface area contributed by atoms with Gasteiger partial charge in [0.05, 0.1) is 23.1 Å². The van der Waals surface area contributed by atoms with Crippen molar-refractivity contribution in [1.29, 1.82) is 0 Å². The number of piperidine rings is 1. The van der Waals surface area contributed by atoms with Crippen LogP contribution >= 0.6 is 0 Å². The van der Waals surface area contributed by atoms with Crippen LogP contribution < -0.4 is 9.64 Å². The van der Waals surface area contributed by atoms with Gasteiger partial charge in [0.15, 0.2) is 0 Å². The van der Waals surface area contributed by atoms with E-state index in [1.807, 2.05) is 0 Å². The number of esters is 1. The second kappa shape index (κ2) is 9.37. The van der Waals surface area contributed by atoms with E-state index in [0.717, 1.165) is 5.69 Å². The second-order valence-corrected chi connectivity index (χ2v) is 7.06. The number of hydrogen-bond acceptors (Lipinski definition) is 10. The van der Waals surface area contributed by atoms with Crippen LogP contribution in [-0.2, 0) is 9.53 Å². The molecule has 0 radical (unpaired) electrons. The summed E-state index contributed by atoms with van der Waals surface area (Å²) in [4.78, 5) is 37.1. The van der Waals surface area contributed by atoms with Gasteiger partial charge in [0, 0.05) is 13.1 Å². The molecule has 4 rings (SSSR count). The number of benzene rings is 1. The fraction of sp³-hybridized carbons (Fsp3) is 0.350. The minimum absolute atomic E-state index is 0.152. The van der Waals surface area contributed by atoms with E-state index in [1.54, 1.807) is 47.1 Å². The number of hydrogen-bond donors (Lipinski definition) is 0. The Hall–Kier alpha value is -4.09. The highest BCUT2D eigenvalue weighted by molar-refractivity contribution is 5.73. The molecule has 1 aliphatic heterocycles. The maximum atomic E-state index is 12.0. The highest BCUT2D eigenvalue weighted by Gasteiger charge is 2.33. The zero-order chi connectivity index (χ0) is 22.5. The summed E-state index contributed by atoms with van der Waals surface area (Å²) in [6.07, 6.45) is 5.27. The standard InChI is InChI=1S/C20H21N7O5/c1-2-31-20(28)14-7-9-25(10-8-14)18-17(27(29)30)19(23-12-22-18)32-16-5-3-15(4-6-16)26-13-21-11-24-26/h3-6,11-14H,2,7-10H2,1H3. The van der Waals surface area contributed by atoms with Gasteiger partial charge in [-0.05, 0) is 44.0 Å². The van der Waals surface area contributed by atoms with E-state index < -0.39 is 4.92 Å². The molecule has 0 bridgehead atoms. The first-order valence-electron chi connectivity index (χ1n) is 10.1. The molecule has 0 spiro atoms. The van der Waals surface area contributed by atoms with E-state index in [4.69, 9.17) is 9.47 Å². The third kappa shape index (κ3) is 4.48. The number of nitrogens with zero attached hydrogens (tertiary/aromatic N) is 7. The minimum Gasteiger partial charge on any atom is -0.466 e. The molecule has 32 heavy (non-hydrogen) atoms. The quantitative estimate of drug-likeness (QED) is 0.306. The van der Waals surface area contributed by atoms with E-state index in [2.05, 4.69) is 20.1 Å². The topological polar surface area (TPSA) is 138 Å². The van der Waals surface area contributed by atoms with Gasteiger partial charge in [-0.15, -0.1) is 0 Å². The number of nitro groups is 1. The highest BCUT2D eigenvalue weighted by atomic mass is 16.6. The summed E-state index contributed by atoms with van der Waals surface area (Å²) in [7, 11) is 0. The number of ether oxygens (including phenoxy) is 2. The first-order chi connectivity index (χ1) is 15.6. The molecule has 3 aromatic rings. The van der Waals surface area contributed by atoms with Crippen LogP contribution in [0.2, 0.25) is 0 Å². The molecule has 1 saturated heterocycles. The molecule has 2 aromatic heterocycles. The molecular formula is C20H21N7O5. The Bertz CT molecular complexity index is 1080. The van der Waals surface area contributed by atoms with Crippen molar-refractivity contribution < 1.29 is 19.2 Å². The molecule has 0 saturated carbocycles. The Morgan fingerprint density at radius 3 is 2.56 bits per heavy atom. The maximum Gasteiger partial charge on any atom is 0.373 e. The minimum atomic E-state index is -0.550. The first-order valence-corrected chi connectivity index (χ1v) is 10.1. The summed E-state index contributed by atoms with van der Waals surface area (Å²) < 4.78 is 12.4. The van der Waals surface area contributed by atoms with Crippen molar-refractivity contribution >= 4 is 17.5 Å². The van der Waals surface area contributed by atoms with Crippen molar-refractivity contribution in [2.24, 2.45) is 5.92 Å². The number of carbonyl (C=O) groups excluding carboxylic acids is 1. The van der Waals surface area contributed by atoms with Gasteiger partial charge in [0.25, 0.3) is 0 Å². The summed E-state index contributed by atoms with van der Waals surface area (Å²) in [6.45, 7) is 2.97. The predicted molar refractivity (Wildman–Crippen MR) is 112 cm³/mol. The summed E-state index contributed by atoms with van der Waals surface area (Å²) >= 11 is 0. The van der Waals surface area contributed by atoms with E-state index in [1.165, 1.54) is 12.7 Å². The third-order valence-electron chi connectivity index (χ3n) is 5.10. The van der Waals surface area contributed by atoms with Crippen molar-refractivity contribution in [3.8, 4) is 17.3 Å². The van der Waals surface area contributed by atoms with E-state index in [0.29, 0.717) is 38.3 Å². The number of aromatic nitrogens is 5. The van der Waals surface area contributed by atoms with Gasteiger partial charge in [-0.1, -0.05) is 0 Å². The van der Waals surface area contributed by atoms with Crippen LogP contribution in [0.3, 0.4) is 0 Å². The molecular weight excluding hydrogens is 418 g/mol. The van der Waals surface area contributed by atoms with Gasteiger partial charge >= 0.3 is 17.5 Å². The SMILES string of the molecule is CCOC(=O)C1CCN(c2ncnc(Oc3ccc(-n4cncn4)cc3)c2[N+](=O)[O-])CC1. The normalized spacial score (nSPS) is 14.2. The fourth-order valence-electron chi connectivity index (χ4n) is 3.53. The Labute approximate surface area is 183 Å². The molecule has 0 atom stereocenters. The molecule has 0 amide bonds. The van der Waals surface area contributed by atoms with Crippen LogP contribution in [0, 0.1) is 16.0 Å². The van der Waals surface area contributed by atoms with Crippen LogP contribution in [-0.4, -0.2) is 55.3 Å². The Kier molecular flexibility index (Phi) is 6.19. The van der Waals surface area contributed by atoms with Crippen LogP contribution in [0.1, 0.15) is 19.8 Å². The Morgan fingerprint density at radius 1 is 1.19 bits per heavy atom.